The molecule has 0 aliphatic rings. The van der Waals surface area contributed by atoms with Crippen molar-refractivity contribution in [3.05, 3.63) is 58.0 Å². The second kappa shape index (κ2) is 9.94. The van der Waals surface area contributed by atoms with E-state index in [0.29, 0.717) is 16.4 Å². The van der Waals surface area contributed by atoms with Crippen LogP contribution in [-0.4, -0.2) is 24.4 Å². The van der Waals surface area contributed by atoms with Gasteiger partial charge in [0, 0.05) is 27.3 Å². The number of rotatable bonds is 7. The molecule has 8 heteroatoms. The molecule has 0 saturated heterocycles. The lowest BCUT2D eigenvalue weighted by atomic mass is 10.2. The Labute approximate surface area is 164 Å². The number of carbonyl (C=O) groups is 3. The third-order valence-corrected chi connectivity index (χ3v) is 3.96. The lowest BCUT2D eigenvalue weighted by Crippen LogP contribution is -2.21. The number of nitrogens with one attached hydrogen (secondary N) is 2. The van der Waals surface area contributed by atoms with Gasteiger partial charge in [0.15, 0.2) is 6.61 Å². The van der Waals surface area contributed by atoms with Crippen LogP contribution in [0.3, 0.4) is 0 Å². The molecule has 2 rings (SSSR count). The Morgan fingerprint density at radius 1 is 0.846 bits per heavy atom. The molecule has 0 fully saturated rings. The molecule has 2 N–H and O–H groups in total. The third-order valence-electron chi connectivity index (χ3n) is 3.18. The summed E-state index contributed by atoms with van der Waals surface area (Å²) in [5.74, 6) is -1.41. The molecule has 0 unspecified atom stereocenters. The van der Waals surface area contributed by atoms with Gasteiger partial charge in [-0.25, -0.2) is 0 Å². The van der Waals surface area contributed by atoms with Crippen LogP contribution in [-0.2, 0) is 19.1 Å². The maximum absolute atomic E-state index is 11.8. The zero-order chi connectivity index (χ0) is 18.9. The first-order chi connectivity index (χ1) is 12.4. The van der Waals surface area contributed by atoms with Gasteiger partial charge < -0.3 is 15.4 Å². The molecule has 0 radical (unpaired) electrons. The average Bonchev–Trinajstić information content (AvgIpc) is 2.62. The standard InChI is InChI=1S/C18H16BrClN2O4/c19-12-1-5-14(6-2-12)22-17(24)11-26-18(25)10-9-16(23)21-15-7-3-13(20)4-8-15/h1-8H,9-11H2,(H,21,23)(H,22,24). The van der Waals surface area contributed by atoms with Crippen molar-refractivity contribution < 1.29 is 19.1 Å². The summed E-state index contributed by atoms with van der Waals surface area (Å²) in [5.41, 5.74) is 1.18. The lowest BCUT2D eigenvalue weighted by molar-refractivity contribution is -0.147. The van der Waals surface area contributed by atoms with Crippen LogP contribution in [0.2, 0.25) is 5.02 Å². The fourth-order valence-corrected chi connectivity index (χ4v) is 2.31. The summed E-state index contributed by atoms with van der Waals surface area (Å²) >= 11 is 9.05. The molecule has 0 heterocycles. The maximum Gasteiger partial charge on any atom is 0.306 e. The van der Waals surface area contributed by atoms with Gasteiger partial charge in [-0.1, -0.05) is 27.5 Å². The Balaban J connectivity index is 1.66. The molecule has 2 aromatic carbocycles. The van der Waals surface area contributed by atoms with Gasteiger partial charge in [-0.05, 0) is 48.5 Å². The summed E-state index contributed by atoms with van der Waals surface area (Å²) in [6.45, 7) is -0.409. The predicted octanol–water partition coefficient (Wildman–Crippen LogP) is 4.00. The largest absolute Gasteiger partial charge is 0.456 e. The predicted molar refractivity (Wildman–Crippen MR) is 103 cm³/mol. The number of amides is 2. The summed E-state index contributed by atoms with van der Waals surface area (Å²) < 4.78 is 5.75. The average molecular weight is 440 g/mol. The van der Waals surface area contributed by atoms with Gasteiger partial charge in [0.25, 0.3) is 5.91 Å². The Morgan fingerprint density at radius 3 is 2.00 bits per heavy atom. The minimum atomic E-state index is -0.623. The van der Waals surface area contributed by atoms with E-state index in [1.165, 1.54) is 0 Å². The molecular formula is C18H16BrClN2O4. The minimum Gasteiger partial charge on any atom is -0.456 e. The molecule has 2 aromatic rings. The summed E-state index contributed by atoms with van der Waals surface area (Å²) in [6, 6.07) is 13.6. The molecule has 0 aliphatic heterocycles. The van der Waals surface area contributed by atoms with Gasteiger partial charge >= 0.3 is 5.97 Å². The second-order valence-electron chi connectivity index (χ2n) is 5.27. The van der Waals surface area contributed by atoms with E-state index in [2.05, 4.69) is 26.6 Å². The summed E-state index contributed by atoms with van der Waals surface area (Å²) in [5, 5.41) is 5.80. The number of carbonyl (C=O) groups excluding carboxylic acids is 3. The van der Waals surface area contributed by atoms with Crippen LogP contribution in [0.5, 0.6) is 0 Å². The number of esters is 1. The SMILES string of the molecule is O=C(CCC(=O)OCC(=O)Nc1ccc(Br)cc1)Nc1ccc(Cl)cc1. The summed E-state index contributed by atoms with van der Waals surface area (Å²) in [6.07, 6.45) is -0.166. The minimum absolute atomic E-state index is 0.0458. The molecule has 136 valence electrons. The van der Waals surface area contributed by atoms with E-state index >= 15 is 0 Å². The first-order valence-corrected chi connectivity index (χ1v) is 8.86. The molecule has 0 spiro atoms. The number of hydrogen-bond acceptors (Lipinski definition) is 4. The fourth-order valence-electron chi connectivity index (χ4n) is 1.92. The molecule has 0 aromatic heterocycles. The number of halogens is 2. The molecule has 0 saturated carbocycles. The molecule has 0 atom stereocenters. The quantitative estimate of drug-likeness (QED) is 0.639. The van der Waals surface area contributed by atoms with Crippen LogP contribution in [0.15, 0.2) is 53.0 Å². The van der Waals surface area contributed by atoms with Crippen molar-refractivity contribution in [2.45, 2.75) is 12.8 Å². The van der Waals surface area contributed by atoms with E-state index in [9.17, 15) is 14.4 Å². The van der Waals surface area contributed by atoms with Gasteiger partial charge in [0.1, 0.15) is 0 Å². The topological polar surface area (TPSA) is 84.5 Å². The zero-order valence-electron chi connectivity index (χ0n) is 13.6. The first kappa shape index (κ1) is 19.9. The first-order valence-electron chi connectivity index (χ1n) is 7.69. The van der Waals surface area contributed by atoms with Gasteiger partial charge in [-0.3, -0.25) is 14.4 Å². The van der Waals surface area contributed by atoms with E-state index in [1.54, 1.807) is 48.5 Å². The van der Waals surface area contributed by atoms with E-state index in [-0.39, 0.29) is 18.7 Å². The Bertz CT molecular complexity index is 713. The van der Waals surface area contributed by atoms with E-state index in [1.807, 2.05) is 0 Å². The Hall–Kier alpha value is -2.38. The van der Waals surface area contributed by atoms with Crippen molar-refractivity contribution in [2.75, 3.05) is 17.2 Å². The number of anilines is 2. The summed E-state index contributed by atoms with van der Waals surface area (Å²) in [7, 11) is 0. The van der Waals surface area contributed by atoms with Crippen molar-refractivity contribution in [3.63, 3.8) is 0 Å². The monoisotopic (exact) mass is 438 g/mol. The molecular weight excluding hydrogens is 424 g/mol. The number of benzene rings is 2. The van der Waals surface area contributed by atoms with E-state index in [4.69, 9.17) is 16.3 Å². The lowest BCUT2D eigenvalue weighted by Gasteiger charge is -2.07. The molecule has 0 aliphatic carbocycles. The van der Waals surface area contributed by atoms with Crippen LogP contribution in [0.1, 0.15) is 12.8 Å². The van der Waals surface area contributed by atoms with Gasteiger partial charge in [0.05, 0.1) is 6.42 Å². The van der Waals surface area contributed by atoms with Crippen molar-refractivity contribution >= 4 is 56.7 Å². The normalized spacial score (nSPS) is 10.1. The van der Waals surface area contributed by atoms with Crippen LogP contribution in [0.25, 0.3) is 0 Å². The second-order valence-corrected chi connectivity index (χ2v) is 6.62. The molecule has 26 heavy (non-hydrogen) atoms. The molecule has 2 amide bonds. The van der Waals surface area contributed by atoms with Crippen LogP contribution in [0, 0.1) is 0 Å². The Kier molecular flexibility index (Phi) is 7.62. The van der Waals surface area contributed by atoms with Gasteiger partial charge in [-0.15, -0.1) is 0 Å². The third kappa shape index (κ3) is 7.25. The van der Waals surface area contributed by atoms with Crippen LogP contribution < -0.4 is 10.6 Å². The van der Waals surface area contributed by atoms with Gasteiger partial charge in [-0.2, -0.15) is 0 Å². The highest BCUT2D eigenvalue weighted by atomic mass is 79.9. The van der Waals surface area contributed by atoms with Crippen molar-refractivity contribution in [1.29, 1.82) is 0 Å². The smallest absolute Gasteiger partial charge is 0.306 e. The van der Waals surface area contributed by atoms with Crippen LogP contribution >= 0.6 is 27.5 Å². The van der Waals surface area contributed by atoms with Crippen molar-refractivity contribution in [1.82, 2.24) is 0 Å². The molecule has 0 bridgehead atoms. The van der Waals surface area contributed by atoms with Crippen molar-refractivity contribution in [3.8, 4) is 0 Å². The van der Waals surface area contributed by atoms with E-state index in [0.717, 1.165) is 4.47 Å². The highest BCUT2D eigenvalue weighted by molar-refractivity contribution is 9.10. The Morgan fingerprint density at radius 2 is 1.38 bits per heavy atom. The molecule has 6 nitrogen and oxygen atoms in total. The highest BCUT2D eigenvalue weighted by Gasteiger charge is 2.11. The fraction of sp³-hybridized carbons (Fsp3) is 0.167. The van der Waals surface area contributed by atoms with E-state index < -0.39 is 18.5 Å². The highest BCUT2D eigenvalue weighted by Crippen LogP contribution is 2.15. The van der Waals surface area contributed by atoms with Gasteiger partial charge in [0.2, 0.25) is 5.91 Å². The number of ether oxygens (including phenoxy) is 1. The summed E-state index contributed by atoms with van der Waals surface area (Å²) in [4.78, 5) is 35.1. The van der Waals surface area contributed by atoms with Crippen molar-refractivity contribution in [2.24, 2.45) is 0 Å². The maximum atomic E-state index is 11.8. The zero-order valence-corrected chi connectivity index (χ0v) is 16.0. The van der Waals surface area contributed by atoms with Crippen LogP contribution in [0.4, 0.5) is 11.4 Å². The number of hydrogen-bond donors (Lipinski definition) is 2.